The van der Waals surface area contributed by atoms with E-state index in [-0.39, 0.29) is 0 Å². The summed E-state index contributed by atoms with van der Waals surface area (Å²) < 4.78 is 1.96. The van der Waals surface area contributed by atoms with Crippen molar-refractivity contribution in [2.24, 2.45) is 0 Å². The smallest absolute Gasteiger partial charge is 0.0534 e. The third kappa shape index (κ3) is 3.05. The van der Waals surface area contributed by atoms with Crippen LogP contribution in [0.4, 0.5) is 0 Å². The highest BCUT2D eigenvalue weighted by molar-refractivity contribution is 4.99. The van der Waals surface area contributed by atoms with E-state index in [2.05, 4.69) is 37.4 Å². The first-order valence-electron chi connectivity index (χ1n) is 4.41. The summed E-state index contributed by atoms with van der Waals surface area (Å²) in [5.74, 6) is 0. The summed E-state index contributed by atoms with van der Waals surface area (Å²) in [6.07, 6.45) is 3.94. The summed E-state index contributed by atoms with van der Waals surface area (Å²) in [6.45, 7) is 8.28. The molecule has 0 atom stereocenters. The van der Waals surface area contributed by atoms with Crippen molar-refractivity contribution in [1.29, 1.82) is 0 Å². The van der Waals surface area contributed by atoms with Gasteiger partial charge in [0.2, 0.25) is 0 Å². The zero-order chi connectivity index (χ0) is 8.97. The molecule has 0 spiro atoms. The number of hydrogen-bond donors (Lipinski definition) is 1. The van der Waals surface area contributed by atoms with Gasteiger partial charge >= 0.3 is 0 Å². The number of nitrogens with zero attached hydrogens (tertiary/aromatic N) is 2. The van der Waals surface area contributed by atoms with E-state index in [9.17, 15) is 0 Å². The molecule has 0 amide bonds. The van der Waals surface area contributed by atoms with Crippen LogP contribution < -0.4 is 5.32 Å². The van der Waals surface area contributed by atoms with Crippen molar-refractivity contribution < 1.29 is 0 Å². The molecule has 0 aliphatic rings. The first-order chi connectivity index (χ1) is 5.68. The van der Waals surface area contributed by atoms with Crippen molar-refractivity contribution in [2.45, 2.75) is 33.4 Å². The van der Waals surface area contributed by atoms with Crippen LogP contribution in [-0.2, 0) is 6.54 Å². The van der Waals surface area contributed by atoms with Gasteiger partial charge in [0.15, 0.2) is 0 Å². The maximum Gasteiger partial charge on any atom is 0.0534 e. The van der Waals surface area contributed by atoms with Gasteiger partial charge in [0.1, 0.15) is 0 Å². The molecule has 0 saturated carbocycles. The second-order valence-corrected chi connectivity index (χ2v) is 3.39. The first-order valence-corrected chi connectivity index (χ1v) is 4.41. The molecule has 0 radical (unpaired) electrons. The zero-order valence-electron chi connectivity index (χ0n) is 8.04. The largest absolute Gasteiger partial charge is 0.313 e. The van der Waals surface area contributed by atoms with Crippen LogP contribution in [0.25, 0.3) is 0 Å². The molecule has 0 unspecified atom stereocenters. The Morgan fingerprint density at radius 3 is 2.83 bits per heavy atom. The fourth-order valence-corrected chi connectivity index (χ4v) is 1.06. The molecule has 0 fully saturated rings. The molecular formula is C9H17N3. The number of nitrogens with one attached hydrogen (secondary N) is 1. The summed E-state index contributed by atoms with van der Waals surface area (Å²) in [6, 6.07) is 0.557. The van der Waals surface area contributed by atoms with E-state index in [1.807, 2.05) is 10.9 Å². The molecular weight excluding hydrogens is 150 g/mol. The Labute approximate surface area is 73.8 Å². The van der Waals surface area contributed by atoms with E-state index in [4.69, 9.17) is 0 Å². The van der Waals surface area contributed by atoms with Gasteiger partial charge in [-0.1, -0.05) is 13.8 Å². The molecule has 1 aromatic rings. The molecule has 1 heterocycles. The average Bonchev–Trinajstić information content (AvgIpc) is 2.35. The normalized spacial score (nSPS) is 11.0. The van der Waals surface area contributed by atoms with Crippen LogP contribution >= 0.6 is 0 Å². The van der Waals surface area contributed by atoms with Crippen molar-refractivity contribution in [3.05, 3.63) is 18.0 Å². The minimum atomic E-state index is 0.557. The highest BCUT2D eigenvalue weighted by Crippen LogP contribution is 1.92. The molecule has 0 aromatic carbocycles. The van der Waals surface area contributed by atoms with Gasteiger partial charge in [-0.15, -0.1) is 0 Å². The predicted molar refractivity (Wildman–Crippen MR) is 50.1 cm³/mol. The summed E-state index contributed by atoms with van der Waals surface area (Å²) in [7, 11) is 0. The zero-order valence-corrected chi connectivity index (χ0v) is 8.04. The Morgan fingerprint density at radius 2 is 2.33 bits per heavy atom. The van der Waals surface area contributed by atoms with E-state index in [1.165, 1.54) is 5.56 Å². The van der Waals surface area contributed by atoms with Crippen LogP contribution in [0.3, 0.4) is 0 Å². The molecule has 1 rings (SSSR count). The van der Waals surface area contributed by atoms with E-state index in [0.29, 0.717) is 6.04 Å². The summed E-state index contributed by atoms with van der Waals surface area (Å²) in [4.78, 5) is 0. The van der Waals surface area contributed by atoms with Crippen LogP contribution in [0.2, 0.25) is 0 Å². The van der Waals surface area contributed by atoms with Gasteiger partial charge in [-0.05, 0) is 12.5 Å². The Hall–Kier alpha value is -0.830. The van der Waals surface area contributed by atoms with Gasteiger partial charge in [0.05, 0.1) is 12.7 Å². The van der Waals surface area contributed by atoms with Crippen molar-refractivity contribution in [1.82, 2.24) is 15.1 Å². The minimum absolute atomic E-state index is 0.557. The monoisotopic (exact) mass is 167 g/mol. The van der Waals surface area contributed by atoms with Crippen molar-refractivity contribution >= 4 is 0 Å². The van der Waals surface area contributed by atoms with Crippen molar-refractivity contribution in [3.63, 3.8) is 0 Å². The molecule has 1 N–H and O–H groups in total. The lowest BCUT2D eigenvalue weighted by Crippen LogP contribution is -2.26. The highest BCUT2D eigenvalue weighted by Gasteiger charge is 1.94. The van der Waals surface area contributed by atoms with Gasteiger partial charge < -0.3 is 5.32 Å². The first kappa shape index (κ1) is 9.26. The minimum Gasteiger partial charge on any atom is -0.313 e. The summed E-state index contributed by atoms with van der Waals surface area (Å²) in [5.41, 5.74) is 1.22. The molecule has 0 aliphatic heterocycles. The maximum absolute atomic E-state index is 4.19. The van der Waals surface area contributed by atoms with Crippen LogP contribution in [0, 0.1) is 6.92 Å². The molecule has 0 bridgehead atoms. The topological polar surface area (TPSA) is 29.9 Å². The fourth-order valence-electron chi connectivity index (χ4n) is 1.06. The maximum atomic E-state index is 4.19. The Balaban J connectivity index is 2.24. The molecule has 1 aromatic heterocycles. The van der Waals surface area contributed by atoms with Crippen LogP contribution in [0.15, 0.2) is 12.4 Å². The Bertz CT molecular complexity index is 227. The lowest BCUT2D eigenvalue weighted by atomic mass is 10.4. The van der Waals surface area contributed by atoms with Gasteiger partial charge in [0.25, 0.3) is 0 Å². The lowest BCUT2D eigenvalue weighted by molar-refractivity contribution is 0.515. The van der Waals surface area contributed by atoms with Crippen molar-refractivity contribution in [2.75, 3.05) is 6.54 Å². The number of aromatic nitrogens is 2. The molecule has 12 heavy (non-hydrogen) atoms. The fraction of sp³-hybridized carbons (Fsp3) is 0.667. The quantitative estimate of drug-likeness (QED) is 0.730. The molecule has 3 heteroatoms. The van der Waals surface area contributed by atoms with Crippen LogP contribution in [-0.4, -0.2) is 22.4 Å². The molecule has 3 nitrogen and oxygen atoms in total. The van der Waals surface area contributed by atoms with Gasteiger partial charge in [-0.2, -0.15) is 5.10 Å². The van der Waals surface area contributed by atoms with Crippen molar-refractivity contribution in [3.8, 4) is 0 Å². The standard InChI is InChI=1S/C9H17N3/c1-8(2)10-4-5-12-7-9(3)6-11-12/h6-8,10H,4-5H2,1-3H3. The summed E-state index contributed by atoms with van der Waals surface area (Å²) >= 11 is 0. The van der Waals surface area contributed by atoms with E-state index < -0.39 is 0 Å². The van der Waals surface area contributed by atoms with Gasteiger partial charge in [-0.25, -0.2) is 0 Å². The number of aryl methyl sites for hydroxylation is 1. The lowest BCUT2D eigenvalue weighted by Gasteiger charge is -2.07. The van der Waals surface area contributed by atoms with E-state index in [0.717, 1.165) is 13.1 Å². The third-order valence-corrected chi connectivity index (χ3v) is 1.66. The second-order valence-electron chi connectivity index (χ2n) is 3.39. The summed E-state index contributed by atoms with van der Waals surface area (Å²) in [5, 5.41) is 7.53. The molecule has 0 saturated heterocycles. The number of rotatable bonds is 4. The third-order valence-electron chi connectivity index (χ3n) is 1.66. The predicted octanol–water partition coefficient (Wildman–Crippen LogP) is 1.19. The second kappa shape index (κ2) is 4.26. The van der Waals surface area contributed by atoms with Gasteiger partial charge in [-0.3, -0.25) is 4.68 Å². The number of hydrogen-bond acceptors (Lipinski definition) is 2. The van der Waals surface area contributed by atoms with Crippen LogP contribution in [0.1, 0.15) is 19.4 Å². The van der Waals surface area contributed by atoms with Crippen LogP contribution in [0.5, 0.6) is 0 Å². The van der Waals surface area contributed by atoms with E-state index >= 15 is 0 Å². The highest BCUT2D eigenvalue weighted by atomic mass is 15.3. The van der Waals surface area contributed by atoms with Gasteiger partial charge in [0, 0.05) is 18.8 Å². The SMILES string of the molecule is Cc1cnn(CCNC(C)C)c1. The average molecular weight is 167 g/mol. The Morgan fingerprint density at radius 1 is 1.58 bits per heavy atom. The Kier molecular flexibility index (Phi) is 3.29. The van der Waals surface area contributed by atoms with E-state index in [1.54, 1.807) is 0 Å². The molecule has 68 valence electrons. The molecule has 0 aliphatic carbocycles.